The molecule has 1 amide bonds. The van der Waals surface area contributed by atoms with E-state index in [-0.39, 0.29) is 29.0 Å². The molecule has 7 nitrogen and oxygen atoms in total. The Kier molecular flexibility index (Phi) is 4.45. The standard InChI is InChI=1S/C19H15NO6/c1-10-8-16(23)26-18-12(10)6-7-14(21)17(18)20-15(22)9-11-4-2-3-5-13(11)19(24)25/h2-8,21H,9H2,1H3,(H,20,22)(H,24,25). The molecule has 0 fully saturated rings. The monoisotopic (exact) mass is 353 g/mol. The van der Waals surface area contributed by atoms with Gasteiger partial charge in [0.15, 0.2) is 5.58 Å². The lowest BCUT2D eigenvalue weighted by molar-refractivity contribution is -0.115. The number of carbonyl (C=O) groups is 2. The summed E-state index contributed by atoms with van der Waals surface area (Å²) in [6.07, 6.45) is -0.214. The predicted molar refractivity (Wildman–Crippen MR) is 94.6 cm³/mol. The van der Waals surface area contributed by atoms with Gasteiger partial charge in [0.1, 0.15) is 11.4 Å². The van der Waals surface area contributed by atoms with Gasteiger partial charge < -0.3 is 19.9 Å². The summed E-state index contributed by atoms with van der Waals surface area (Å²) in [5.74, 6) is -1.94. The summed E-state index contributed by atoms with van der Waals surface area (Å²) >= 11 is 0. The molecular formula is C19H15NO6. The van der Waals surface area contributed by atoms with Crippen LogP contribution < -0.4 is 10.9 Å². The maximum Gasteiger partial charge on any atom is 0.336 e. The van der Waals surface area contributed by atoms with Crippen molar-refractivity contribution in [3.8, 4) is 5.75 Å². The van der Waals surface area contributed by atoms with Crippen molar-refractivity contribution in [1.82, 2.24) is 0 Å². The van der Waals surface area contributed by atoms with Crippen molar-refractivity contribution in [1.29, 1.82) is 0 Å². The SMILES string of the molecule is Cc1cc(=O)oc2c(NC(=O)Cc3ccccc3C(=O)O)c(O)ccc12. The third-order valence-electron chi connectivity index (χ3n) is 3.96. The number of nitrogens with one attached hydrogen (secondary N) is 1. The fraction of sp³-hybridized carbons (Fsp3) is 0.105. The van der Waals surface area contributed by atoms with Crippen LogP contribution in [0.5, 0.6) is 5.75 Å². The maximum absolute atomic E-state index is 12.4. The van der Waals surface area contributed by atoms with E-state index in [4.69, 9.17) is 4.42 Å². The molecule has 0 unspecified atom stereocenters. The van der Waals surface area contributed by atoms with Crippen LogP contribution in [0.3, 0.4) is 0 Å². The van der Waals surface area contributed by atoms with E-state index in [2.05, 4.69) is 5.32 Å². The normalized spacial score (nSPS) is 10.7. The molecular weight excluding hydrogens is 338 g/mol. The summed E-state index contributed by atoms with van der Waals surface area (Å²) in [7, 11) is 0. The molecule has 0 saturated carbocycles. The highest BCUT2D eigenvalue weighted by molar-refractivity contribution is 6.03. The number of phenols is 1. The molecule has 0 atom stereocenters. The molecule has 3 rings (SSSR count). The Hall–Kier alpha value is -3.61. The summed E-state index contributed by atoms with van der Waals surface area (Å²) in [6, 6.07) is 10.4. The van der Waals surface area contributed by atoms with Gasteiger partial charge in [-0.3, -0.25) is 4.79 Å². The van der Waals surface area contributed by atoms with Crippen LogP contribution in [-0.2, 0) is 11.2 Å². The lowest BCUT2D eigenvalue weighted by Crippen LogP contribution is -2.17. The molecule has 3 aromatic rings. The van der Waals surface area contributed by atoms with E-state index >= 15 is 0 Å². The van der Waals surface area contributed by atoms with Crippen LogP contribution in [0.15, 0.2) is 51.7 Å². The Morgan fingerprint density at radius 2 is 1.88 bits per heavy atom. The summed E-state index contributed by atoms with van der Waals surface area (Å²) in [5.41, 5.74) is 0.424. The number of hydrogen-bond donors (Lipinski definition) is 3. The van der Waals surface area contributed by atoms with E-state index in [9.17, 15) is 24.6 Å². The van der Waals surface area contributed by atoms with Crippen LogP contribution in [-0.4, -0.2) is 22.1 Å². The fourth-order valence-corrected chi connectivity index (χ4v) is 2.73. The number of hydrogen-bond acceptors (Lipinski definition) is 5. The van der Waals surface area contributed by atoms with E-state index in [0.717, 1.165) is 0 Å². The Morgan fingerprint density at radius 3 is 2.62 bits per heavy atom. The molecule has 132 valence electrons. The topological polar surface area (TPSA) is 117 Å². The fourth-order valence-electron chi connectivity index (χ4n) is 2.73. The second-order valence-electron chi connectivity index (χ2n) is 5.77. The molecule has 0 spiro atoms. The molecule has 0 aliphatic heterocycles. The van der Waals surface area contributed by atoms with Crippen molar-refractivity contribution in [2.24, 2.45) is 0 Å². The van der Waals surface area contributed by atoms with Gasteiger partial charge in [-0.2, -0.15) is 0 Å². The highest BCUT2D eigenvalue weighted by Crippen LogP contribution is 2.33. The second-order valence-corrected chi connectivity index (χ2v) is 5.77. The van der Waals surface area contributed by atoms with Gasteiger partial charge in [0, 0.05) is 11.5 Å². The number of anilines is 1. The van der Waals surface area contributed by atoms with Gasteiger partial charge in [-0.1, -0.05) is 18.2 Å². The predicted octanol–water partition coefficient (Wildman–Crippen LogP) is 2.69. The number of carbonyl (C=O) groups excluding carboxylic acids is 1. The molecule has 0 saturated heterocycles. The Morgan fingerprint density at radius 1 is 1.15 bits per heavy atom. The van der Waals surface area contributed by atoms with Crippen molar-refractivity contribution in [2.75, 3.05) is 5.32 Å². The second kappa shape index (κ2) is 6.72. The Bertz CT molecular complexity index is 1080. The smallest absolute Gasteiger partial charge is 0.336 e. The van der Waals surface area contributed by atoms with Crippen molar-refractivity contribution < 1.29 is 24.2 Å². The Labute approximate surface area is 147 Å². The summed E-state index contributed by atoms with van der Waals surface area (Å²) in [6.45, 7) is 1.71. The van der Waals surface area contributed by atoms with E-state index in [0.29, 0.717) is 16.5 Å². The van der Waals surface area contributed by atoms with Crippen molar-refractivity contribution in [3.63, 3.8) is 0 Å². The average Bonchev–Trinajstić information content (AvgIpc) is 2.57. The van der Waals surface area contributed by atoms with E-state index in [1.54, 1.807) is 25.1 Å². The van der Waals surface area contributed by atoms with Crippen LogP contribution in [0.2, 0.25) is 0 Å². The average molecular weight is 353 g/mol. The molecule has 2 aromatic carbocycles. The number of aromatic hydroxyl groups is 1. The quantitative estimate of drug-likeness (QED) is 0.490. The first-order valence-corrected chi connectivity index (χ1v) is 7.74. The largest absolute Gasteiger partial charge is 0.506 e. The summed E-state index contributed by atoms with van der Waals surface area (Å²) in [4.78, 5) is 35.3. The molecule has 0 radical (unpaired) electrons. The van der Waals surface area contributed by atoms with Gasteiger partial charge in [0.25, 0.3) is 0 Å². The van der Waals surface area contributed by atoms with Crippen molar-refractivity contribution in [3.05, 3.63) is 69.6 Å². The number of benzene rings is 2. The van der Waals surface area contributed by atoms with Gasteiger partial charge >= 0.3 is 11.6 Å². The van der Waals surface area contributed by atoms with Crippen LogP contribution >= 0.6 is 0 Å². The zero-order valence-corrected chi connectivity index (χ0v) is 13.8. The zero-order valence-electron chi connectivity index (χ0n) is 13.8. The van der Waals surface area contributed by atoms with Crippen molar-refractivity contribution in [2.45, 2.75) is 13.3 Å². The lowest BCUT2D eigenvalue weighted by atomic mass is 10.0. The molecule has 0 bridgehead atoms. The lowest BCUT2D eigenvalue weighted by Gasteiger charge is -2.11. The van der Waals surface area contributed by atoms with E-state index in [1.165, 1.54) is 24.3 Å². The highest BCUT2D eigenvalue weighted by atomic mass is 16.4. The van der Waals surface area contributed by atoms with Crippen LogP contribution in [0.1, 0.15) is 21.5 Å². The summed E-state index contributed by atoms with van der Waals surface area (Å²) < 4.78 is 5.14. The number of aryl methyl sites for hydroxylation is 1. The van der Waals surface area contributed by atoms with Gasteiger partial charge in [0.05, 0.1) is 12.0 Å². The van der Waals surface area contributed by atoms with E-state index < -0.39 is 17.5 Å². The number of carboxylic acids is 1. The first-order valence-electron chi connectivity index (χ1n) is 7.74. The van der Waals surface area contributed by atoms with Crippen LogP contribution in [0.25, 0.3) is 11.0 Å². The molecule has 26 heavy (non-hydrogen) atoms. The van der Waals surface area contributed by atoms with Gasteiger partial charge in [-0.05, 0) is 36.2 Å². The van der Waals surface area contributed by atoms with E-state index in [1.807, 2.05) is 0 Å². The molecule has 3 N–H and O–H groups in total. The van der Waals surface area contributed by atoms with Crippen molar-refractivity contribution >= 4 is 28.5 Å². The first-order chi connectivity index (χ1) is 12.4. The third-order valence-corrected chi connectivity index (χ3v) is 3.96. The number of amides is 1. The number of aromatic carboxylic acids is 1. The number of fused-ring (bicyclic) bond motifs is 1. The van der Waals surface area contributed by atoms with Crippen LogP contribution in [0.4, 0.5) is 5.69 Å². The molecule has 0 aliphatic carbocycles. The summed E-state index contributed by atoms with van der Waals surface area (Å²) in [5, 5.41) is 22.4. The minimum Gasteiger partial charge on any atom is -0.506 e. The third kappa shape index (κ3) is 3.27. The Balaban J connectivity index is 1.97. The first kappa shape index (κ1) is 17.2. The molecule has 7 heteroatoms. The molecule has 0 aliphatic rings. The minimum absolute atomic E-state index is 0.0205. The number of carboxylic acid groups (broad SMARTS) is 1. The maximum atomic E-state index is 12.4. The van der Waals surface area contributed by atoms with Gasteiger partial charge in [-0.15, -0.1) is 0 Å². The van der Waals surface area contributed by atoms with Gasteiger partial charge in [-0.25, -0.2) is 9.59 Å². The number of rotatable bonds is 4. The molecule has 1 heterocycles. The number of phenolic OH excluding ortho intramolecular Hbond substituents is 1. The minimum atomic E-state index is -1.14. The van der Waals surface area contributed by atoms with Crippen LogP contribution in [0, 0.1) is 6.92 Å². The highest BCUT2D eigenvalue weighted by Gasteiger charge is 2.17. The van der Waals surface area contributed by atoms with Gasteiger partial charge in [0.2, 0.25) is 5.91 Å². The zero-order chi connectivity index (χ0) is 18.8. The molecule has 1 aromatic heterocycles.